The second kappa shape index (κ2) is 4.91. The van der Waals surface area contributed by atoms with Gasteiger partial charge in [0.15, 0.2) is 0 Å². The van der Waals surface area contributed by atoms with Crippen LogP contribution in [0.4, 0.5) is 5.69 Å². The van der Waals surface area contributed by atoms with E-state index in [1.165, 1.54) is 10.6 Å². The lowest BCUT2D eigenvalue weighted by Crippen LogP contribution is -2.39. The van der Waals surface area contributed by atoms with Crippen molar-refractivity contribution in [3.63, 3.8) is 0 Å². The summed E-state index contributed by atoms with van der Waals surface area (Å²) in [6.07, 6.45) is 2.77. The number of rotatable bonds is 2. The van der Waals surface area contributed by atoms with Crippen molar-refractivity contribution in [2.45, 2.75) is 18.2 Å². The highest BCUT2D eigenvalue weighted by atomic mass is 32.2. The summed E-state index contributed by atoms with van der Waals surface area (Å²) in [6, 6.07) is 8.53. The molecule has 0 amide bonds. The zero-order valence-electron chi connectivity index (χ0n) is 9.77. The predicted molar refractivity (Wildman–Crippen MR) is 69.2 cm³/mol. The van der Waals surface area contributed by atoms with Crippen LogP contribution < -0.4 is 4.90 Å². The minimum Gasteiger partial charge on any atom is -0.370 e. The van der Waals surface area contributed by atoms with E-state index in [-0.39, 0.29) is 5.92 Å². The molecule has 0 N–H and O–H groups in total. The van der Waals surface area contributed by atoms with Crippen LogP contribution >= 0.6 is 11.8 Å². The second-order valence-corrected chi connectivity index (χ2v) is 5.14. The quantitative estimate of drug-likeness (QED) is 0.735. The monoisotopic (exact) mass is 235 g/mol. The van der Waals surface area contributed by atoms with Crippen molar-refractivity contribution in [1.29, 1.82) is 0 Å². The number of ketones is 1. The van der Waals surface area contributed by atoms with Gasteiger partial charge in [-0.2, -0.15) is 0 Å². The zero-order valence-corrected chi connectivity index (χ0v) is 10.6. The number of anilines is 1. The molecule has 1 aliphatic heterocycles. The van der Waals surface area contributed by atoms with Crippen LogP contribution in [0.1, 0.15) is 13.3 Å². The van der Waals surface area contributed by atoms with Gasteiger partial charge in [-0.1, -0.05) is 13.0 Å². The summed E-state index contributed by atoms with van der Waals surface area (Å²) in [5.74, 6) is 0.573. The molecule has 0 aromatic heterocycles. The molecule has 2 rings (SSSR count). The van der Waals surface area contributed by atoms with Crippen molar-refractivity contribution in [2.75, 3.05) is 24.2 Å². The molecule has 1 aromatic carbocycles. The van der Waals surface area contributed by atoms with Gasteiger partial charge in [0.2, 0.25) is 0 Å². The fourth-order valence-electron chi connectivity index (χ4n) is 2.06. The van der Waals surface area contributed by atoms with Crippen LogP contribution in [-0.2, 0) is 4.79 Å². The van der Waals surface area contributed by atoms with Gasteiger partial charge in [-0.25, -0.2) is 0 Å². The standard InChI is InChI=1S/C13H17NOS/c1-10-9-14(7-6-13(10)15)11-4-3-5-12(8-11)16-2/h3-5,8,10H,6-7,9H2,1-2H3. The number of carbonyl (C=O) groups is 1. The van der Waals surface area contributed by atoms with Crippen LogP contribution in [0, 0.1) is 5.92 Å². The first-order chi connectivity index (χ1) is 7.70. The molecule has 3 heteroatoms. The molecule has 2 nitrogen and oxygen atoms in total. The van der Waals surface area contributed by atoms with E-state index in [1.807, 2.05) is 6.92 Å². The van der Waals surface area contributed by atoms with E-state index in [9.17, 15) is 4.79 Å². The molecule has 86 valence electrons. The number of hydrogen-bond donors (Lipinski definition) is 0. The molecular formula is C13H17NOS. The van der Waals surface area contributed by atoms with E-state index in [2.05, 4.69) is 35.4 Å². The molecule has 1 aromatic rings. The van der Waals surface area contributed by atoms with E-state index in [0.29, 0.717) is 12.2 Å². The third-order valence-electron chi connectivity index (χ3n) is 3.09. The molecule has 0 spiro atoms. The molecule has 1 atom stereocenters. The van der Waals surface area contributed by atoms with E-state index >= 15 is 0 Å². The average molecular weight is 235 g/mol. The summed E-state index contributed by atoms with van der Waals surface area (Å²) in [6.45, 7) is 3.74. The largest absolute Gasteiger partial charge is 0.370 e. The summed E-state index contributed by atoms with van der Waals surface area (Å²) in [5, 5.41) is 0. The van der Waals surface area contributed by atoms with Crippen molar-refractivity contribution in [1.82, 2.24) is 0 Å². The van der Waals surface area contributed by atoms with Gasteiger partial charge in [-0.05, 0) is 24.5 Å². The molecule has 1 fully saturated rings. The average Bonchev–Trinajstić information content (AvgIpc) is 2.33. The van der Waals surface area contributed by atoms with Gasteiger partial charge in [0.05, 0.1) is 0 Å². The summed E-state index contributed by atoms with van der Waals surface area (Å²) in [4.78, 5) is 15.1. The molecule has 1 unspecified atom stereocenters. The van der Waals surface area contributed by atoms with E-state index < -0.39 is 0 Å². The SMILES string of the molecule is CSc1cccc(N2CCC(=O)C(C)C2)c1. The number of Topliss-reactive ketones (excluding diaryl/α,β-unsaturated/α-hetero) is 1. The van der Waals surface area contributed by atoms with Crippen LogP contribution in [0.5, 0.6) is 0 Å². The topological polar surface area (TPSA) is 20.3 Å². The molecule has 0 bridgehead atoms. The lowest BCUT2D eigenvalue weighted by atomic mass is 9.98. The van der Waals surface area contributed by atoms with Crippen molar-refractivity contribution in [2.24, 2.45) is 5.92 Å². The Morgan fingerprint density at radius 1 is 1.44 bits per heavy atom. The number of hydrogen-bond acceptors (Lipinski definition) is 3. The molecule has 0 saturated carbocycles. The molecule has 1 saturated heterocycles. The molecule has 0 radical (unpaired) electrons. The van der Waals surface area contributed by atoms with Gasteiger partial charge < -0.3 is 4.90 Å². The Balaban J connectivity index is 2.15. The first-order valence-electron chi connectivity index (χ1n) is 5.62. The van der Waals surface area contributed by atoms with E-state index in [1.54, 1.807) is 11.8 Å². The van der Waals surface area contributed by atoms with Crippen LogP contribution in [-0.4, -0.2) is 25.1 Å². The number of benzene rings is 1. The van der Waals surface area contributed by atoms with Gasteiger partial charge in [-0.15, -0.1) is 11.8 Å². The normalized spacial score (nSPS) is 21.2. The summed E-state index contributed by atoms with van der Waals surface area (Å²) in [5.41, 5.74) is 1.24. The maximum atomic E-state index is 11.5. The third kappa shape index (κ3) is 2.40. The van der Waals surface area contributed by atoms with Crippen molar-refractivity contribution < 1.29 is 4.79 Å². The fourth-order valence-corrected chi connectivity index (χ4v) is 2.51. The molecule has 16 heavy (non-hydrogen) atoms. The van der Waals surface area contributed by atoms with Crippen molar-refractivity contribution in [3.8, 4) is 0 Å². The van der Waals surface area contributed by atoms with Crippen molar-refractivity contribution >= 4 is 23.2 Å². The first-order valence-corrected chi connectivity index (χ1v) is 6.85. The number of nitrogens with zero attached hydrogens (tertiary/aromatic N) is 1. The Labute approximate surface area is 101 Å². The van der Waals surface area contributed by atoms with Crippen LogP contribution in [0.3, 0.4) is 0 Å². The van der Waals surface area contributed by atoms with Gasteiger partial charge in [0.25, 0.3) is 0 Å². The highest BCUT2D eigenvalue weighted by molar-refractivity contribution is 7.98. The second-order valence-electron chi connectivity index (χ2n) is 4.26. The highest BCUT2D eigenvalue weighted by Crippen LogP contribution is 2.25. The minimum atomic E-state index is 0.173. The summed E-state index contributed by atoms with van der Waals surface area (Å²) in [7, 11) is 0. The van der Waals surface area contributed by atoms with Gasteiger partial charge in [0.1, 0.15) is 5.78 Å². The lowest BCUT2D eigenvalue weighted by Gasteiger charge is -2.32. The maximum Gasteiger partial charge on any atom is 0.139 e. The fraction of sp³-hybridized carbons (Fsp3) is 0.462. The number of piperidine rings is 1. The van der Waals surface area contributed by atoms with Crippen LogP contribution in [0.2, 0.25) is 0 Å². The summed E-state index contributed by atoms with van der Waals surface area (Å²) >= 11 is 1.75. The highest BCUT2D eigenvalue weighted by Gasteiger charge is 2.23. The molecule has 1 heterocycles. The maximum absolute atomic E-state index is 11.5. The Hall–Kier alpha value is -0.960. The zero-order chi connectivity index (χ0) is 11.5. The molecule has 0 aliphatic carbocycles. The smallest absolute Gasteiger partial charge is 0.139 e. The van der Waals surface area contributed by atoms with Gasteiger partial charge >= 0.3 is 0 Å². The lowest BCUT2D eigenvalue weighted by molar-refractivity contribution is -0.122. The van der Waals surface area contributed by atoms with Gasteiger partial charge in [-0.3, -0.25) is 4.79 Å². The van der Waals surface area contributed by atoms with Crippen molar-refractivity contribution in [3.05, 3.63) is 24.3 Å². The molecule has 1 aliphatic rings. The third-order valence-corrected chi connectivity index (χ3v) is 3.82. The Bertz CT molecular complexity index is 391. The number of carbonyl (C=O) groups excluding carboxylic acids is 1. The Morgan fingerprint density at radius 3 is 2.94 bits per heavy atom. The predicted octanol–water partition coefficient (Wildman–Crippen LogP) is 2.82. The first kappa shape index (κ1) is 11.5. The Morgan fingerprint density at radius 2 is 2.25 bits per heavy atom. The van der Waals surface area contributed by atoms with E-state index in [0.717, 1.165) is 13.1 Å². The molecular weight excluding hydrogens is 218 g/mol. The minimum absolute atomic E-state index is 0.173. The van der Waals surface area contributed by atoms with Crippen LogP contribution in [0.25, 0.3) is 0 Å². The Kier molecular flexibility index (Phi) is 3.54. The van der Waals surface area contributed by atoms with Gasteiger partial charge in [0, 0.05) is 36.0 Å². The van der Waals surface area contributed by atoms with Crippen LogP contribution in [0.15, 0.2) is 29.2 Å². The van der Waals surface area contributed by atoms with E-state index in [4.69, 9.17) is 0 Å². The number of thioether (sulfide) groups is 1. The summed E-state index contributed by atoms with van der Waals surface area (Å²) < 4.78 is 0.